The summed E-state index contributed by atoms with van der Waals surface area (Å²) in [7, 11) is 6.24. The van der Waals surface area contributed by atoms with Crippen LogP contribution in [0.25, 0.3) is 6.08 Å². The molecule has 132 valence electrons. The number of rotatable bonds is 7. The van der Waals surface area contributed by atoms with Gasteiger partial charge in [0.25, 0.3) is 0 Å². The van der Waals surface area contributed by atoms with E-state index in [-0.39, 0.29) is 5.91 Å². The van der Waals surface area contributed by atoms with Crippen molar-refractivity contribution in [1.29, 1.82) is 0 Å². The van der Waals surface area contributed by atoms with Crippen LogP contribution < -0.4 is 24.3 Å². The van der Waals surface area contributed by atoms with Gasteiger partial charge in [0.15, 0.2) is 0 Å². The van der Waals surface area contributed by atoms with Crippen molar-refractivity contribution in [2.75, 3.05) is 33.8 Å². The van der Waals surface area contributed by atoms with Crippen molar-refractivity contribution < 1.29 is 23.7 Å². The van der Waals surface area contributed by atoms with Crippen molar-refractivity contribution in [3.63, 3.8) is 0 Å². The Morgan fingerprint density at radius 1 is 0.840 bits per heavy atom. The van der Waals surface area contributed by atoms with Crippen LogP contribution in [-0.2, 0) is 4.79 Å². The van der Waals surface area contributed by atoms with E-state index in [2.05, 4.69) is 5.32 Å². The number of hydrogen-bond donors (Lipinski definition) is 1. The predicted octanol–water partition coefficient (Wildman–Crippen LogP) is 3.37. The Hall–Kier alpha value is -3.15. The Kier molecular flexibility index (Phi) is 6.28. The first-order valence-corrected chi connectivity index (χ1v) is 7.54. The maximum Gasteiger partial charge on any atom is 0.248 e. The van der Waals surface area contributed by atoms with Crippen LogP contribution in [0.2, 0.25) is 0 Å². The zero-order valence-electron chi connectivity index (χ0n) is 14.7. The Bertz CT molecular complexity index is 770. The molecule has 1 N–H and O–H groups in total. The van der Waals surface area contributed by atoms with Crippen molar-refractivity contribution in [3.8, 4) is 23.0 Å². The summed E-state index contributed by atoms with van der Waals surface area (Å²) < 4.78 is 20.9. The van der Waals surface area contributed by atoms with Gasteiger partial charge in [-0.25, -0.2) is 0 Å². The SMILES string of the molecule is COc1ccc(OC)c(NC(=O)/C=C/c2ccc(OC)cc2OC)c1. The van der Waals surface area contributed by atoms with Gasteiger partial charge in [-0.2, -0.15) is 0 Å². The van der Waals surface area contributed by atoms with Crippen LogP contribution in [0.4, 0.5) is 5.69 Å². The van der Waals surface area contributed by atoms with Gasteiger partial charge in [-0.05, 0) is 30.3 Å². The monoisotopic (exact) mass is 343 g/mol. The third-order valence-corrected chi connectivity index (χ3v) is 3.52. The smallest absolute Gasteiger partial charge is 0.248 e. The number of carbonyl (C=O) groups excluding carboxylic acids is 1. The van der Waals surface area contributed by atoms with Gasteiger partial charge >= 0.3 is 0 Å². The number of methoxy groups -OCH3 is 4. The molecule has 0 aromatic heterocycles. The summed E-state index contributed by atoms with van der Waals surface area (Å²) >= 11 is 0. The molecule has 0 aliphatic carbocycles. The molecule has 0 radical (unpaired) electrons. The highest BCUT2D eigenvalue weighted by molar-refractivity contribution is 6.03. The first kappa shape index (κ1) is 18.2. The Morgan fingerprint density at radius 3 is 2.12 bits per heavy atom. The molecular formula is C19H21NO5. The molecule has 0 unspecified atom stereocenters. The third-order valence-electron chi connectivity index (χ3n) is 3.52. The minimum absolute atomic E-state index is 0.301. The van der Waals surface area contributed by atoms with Gasteiger partial charge in [-0.15, -0.1) is 0 Å². The van der Waals surface area contributed by atoms with Gasteiger partial charge in [0, 0.05) is 23.8 Å². The highest BCUT2D eigenvalue weighted by atomic mass is 16.5. The van der Waals surface area contributed by atoms with Crippen molar-refractivity contribution >= 4 is 17.7 Å². The number of carbonyl (C=O) groups is 1. The zero-order valence-corrected chi connectivity index (χ0v) is 14.7. The molecular weight excluding hydrogens is 322 g/mol. The summed E-state index contributed by atoms with van der Waals surface area (Å²) in [5, 5.41) is 2.77. The lowest BCUT2D eigenvalue weighted by Crippen LogP contribution is -2.09. The van der Waals surface area contributed by atoms with Crippen LogP contribution in [0.15, 0.2) is 42.5 Å². The van der Waals surface area contributed by atoms with Gasteiger partial charge in [0.2, 0.25) is 5.91 Å². The number of amides is 1. The van der Waals surface area contributed by atoms with Crippen molar-refractivity contribution in [1.82, 2.24) is 0 Å². The van der Waals surface area contributed by atoms with Crippen molar-refractivity contribution in [2.24, 2.45) is 0 Å². The second-order valence-electron chi connectivity index (χ2n) is 5.00. The number of hydrogen-bond acceptors (Lipinski definition) is 5. The number of nitrogens with one attached hydrogen (secondary N) is 1. The normalized spacial score (nSPS) is 10.4. The molecule has 0 aliphatic heterocycles. The lowest BCUT2D eigenvalue weighted by Gasteiger charge is -2.10. The Balaban J connectivity index is 2.16. The molecule has 2 aromatic rings. The second-order valence-corrected chi connectivity index (χ2v) is 5.00. The molecule has 1 amide bonds. The fraction of sp³-hybridized carbons (Fsp3) is 0.211. The van der Waals surface area contributed by atoms with Crippen LogP contribution >= 0.6 is 0 Å². The summed E-state index contributed by atoms with van der Waals surface area (Å²) in [6, 6.07) is 10.5. The molecule has 6 heteroatoms. The maximum atomic E-state index is 12.2. The minimum Gasteiger partial charge on any atom is -0.497 e. The molecule has 0 spiro atoms. The standard InChI is InChI=1S/C19H21NO5/c1-22-14-8-9-17(24-3)16(11-14)20-19(21)10-6-13-5-7-15(23-2)12-18(13)25-4/h5-12H,1-4H3,(H,20,21)/b10-6+. The van der Waals surface area contributed by atoms with E-state index in [4.69, 9.17) is 18.9 Å². The molecule has 2 rings (SSSR count). The maximum absolute atomic E-state index is 12.2. The van der Waals surface area contributed by atoms with E-state index in [0.29, 0.717) is 28.7 Å². The van der Waals surface area contributed by atoms with Crippen LogP contribution in [0.5, 0.6) is 23.0 Å². The van der Waals surface area contributed by atoms with Gasteiger partial charge < -0.3 is 24.3 Å². The highest BCUT2D eigenvalue weighted by Gasteiger charge is 2.08. The molecule has 0 saturated heterocycles. The average Bonchev–Trinajstić information content (AvgIpc) is 2.66. The van der Waals surface area contributed by atoms with E-state index in [0.717, 1.165) is 5.56 Å². The van der Waals surface area contributed by atoms with Gasteiger partial charge in [-0.1, -0.05) is 0 Å². The first-order valence-electron chi connectivity index (χ1n) is 7.54. The fourth-order valence-electron chi connectivity index (χ4n) is 2.21. The molecule has 0 fully saturated rings. The molecule has 2 aromatic carbocycles. The third kappa shape index (κ3) is 4.67. The summed E-state index contributed by atoms with van der Waals surface area (Å²) in [5.41, 5.74) is 1.29. The number of benzene rings is 2. The topological polar surface area (TPSA) is 66.0 Å². The summed E-state index contributed by atoms with van der Waals surface area (Å²) in [6.07, 6.45) is 3.09. The molecule has 0 bridgehead atoms. The molecule has 25 heavy (non-hydrogen) atoms. The molecule has 0 heterocycles. The van der Waals surface area contributed by atoms with E-state index in [1.165, 1.54) is 13.2 Å². The number of anilines is 1. The van der Waals surface area contributed by atoms with Crippen molar-refractivity contribution in [2.45, 2.75) is 0 Å². The highest BCUT2D eigenvalue weighted by Crippen LogP contribution is 2.29. The Labute approximate surface area is 147 Å². The van der Waals surface area contributed by atoms with Crippen LogP contribution in [0.1, 0.15) is 5.56 Å². The zero-order chi connectivity index (χ0) is 18.2. The van der Waals surface area contributed by atoms with Crippen molar-refractivity contribution in [3.05, 3.63) is 48.0 Å². The largest absolute Gasteiger partial charge is 0.497 e. The summed E-state index contributed by atoms with van der Waals surface area (Å²) in [6.45, 7) is 0. The Morgan fingerprint density at radius 2 is 1.48 bits per heavy atom. The molecule has 0 saturated carbocycles. The van der Waals surface area contributed by atoms with E-state index in [1.807, 2.05) is 6.07 Å². The van der Waals surface area contributed by atoms with E-state index in [9.17, 15) is 4.79 Å². The van der Waals surface area contributed by atoms with Crippen LogP contribution in [0, 0.1) is 0 Å². The summed E-state index contributed by atoms with van der Waals surface area (Å²) in [5.74, 6) is 2.16. The molecule has 0 aliphatic rings. The van der Waals surface area contributed by atoms with Crippen LogP contribution in [-0.4, -0.2) is 34.3 Å². The van der Waals surface area contributed by atoms with Crippen LogP contribution in [0.3, 0.4) is 0 Å². The fourth-order valence-corrected chi connectivity index (χ4v) is 2.21. The quantitative estimate of drug-likeness (QED) is 0.781. The van der Waals surface area contributed by atoms with E-state index >= 15 is 0 Å². The average molecular weight is 343 g/mol. The minimum atomic E-state index is -0.301. The molecule has 6 nitrogen and oxygen atoms in total. The predicted molar refractivity (Wildman–Crippen MR) is 96.8 cm³/mol. The summed E-state index contributed by atoms with van der Waals surface area (Å²) in [4.78, 5) is 12.2. The van der Waals surface area contributed by atoms with E-state index in [1.54, 1.807) is 57.7 Å². The molecule has 0 atom stereocenters. The van der Waals surface area contributed by atoms with Gasteiger partial charge in [0.05, 0.1) is 34.1 Å². The lowest BCUT2D eigenvalue weighted by atomic mass is 10.1. The number of ether oxygens (including phenoxy) is 4. The van der Waals surface area contributed by atoms with Gasteiger partial charge in [-0.3, -0.25) is 4.79 Å². The van der Waals surface area contributed by atoms with E-state index < -0.39 is 0 Å². The lowest BCUT2D eigenvalue weighted by molar-refractivity contribution is -0.111. The first-order chi connectivity index (χ1) is 12.1. The second kappa shape index (κ2) is 8.63. The van der Waals surface area contributed by atoms with Gasteiger partial charge in [0.1, 0.15) is 23.0 Å².